The van der Waals surface area contributed by atoms with Crippen LogP contribution in [0.5, 0.6) is 0 Å². The van der Waals surface area contributed by atoms with Crippen LogP contribution in [0.2, 0.25) is 0 Å². The number of hydrogen-bond donors (Lipinski definition) is 2. The van der Waals surface area contributed by atoms with Gasteiger partial charge in [0.1, 0.15) is 0 Å². The monoisotopic (exact) mass is 250 g/mol. The Hall–Kier alpha value is -1.55. The number of oxime groups is 1. The van der Waals surface area contributed by atoms with E-state index in [1.165, 1.54) is 0 Å². The number of nitrogens with zero attached hydrogens (tertiary/aromatic N) is 1. The molecule has 0 radical (unpaired) electrons. The third-order valence-corrected chi connectivity index (χ3v) is 2.84. The summed E-state index contributed by atoms with van der Waals surface area (Å²) < 4.78 is 5.63. The van der Waals surface area contributed by atoms with E-state index in [1.807, 2.05) is 25.1 Å². The van der Waals surface area contributed by atoms with Gasteiger partial charge < -0.3 is 15.7 Å². The molecule has 0 fully saturated rings. The maximum Gasteiger partial charge on any atom is 0.170 e. The Balaban J connectivity index is 2.58. The molecule has 1 aromatic carbocycles. The predicted molar refractivity (Wildman–Crippen MR) is 72.8 cm³/mol. The number of ether oxygens (including phenoxy) is 1. The second-order valence-corrected chi connectivity index (χ2v) is 4.86. The lowest BCUT2D eigenvalue weighted by atomic mass is 10.1. The van der Waals surface area contributed by atoms with Gasteiger partial charge in [0.05, 0.1) is 6.61 Å². The van der Waals surface area contributed by atoms with Crippen molar-refractivity contribution in [3.63, 3.8) is 0 Å². The molecule has 0 unspecified atom stereocenters. The van der Waals surface area contributed by atoms with Crippen molar-refractivity contribution in [2.24, 2.45) is 16.8 Å². The maximum absolute atomic E-state index is 8.61. The number of aryl methyl sites for hydroxylation is 1. The molecule has 1 rings (SSSR count). The molecule has 0 aromatic heterocycles. The number of amidine groups is 1. The smallest absolute Gasteiger partial charge is 0.170 e. The zero-order chi connectivity index (χ0) is 13.5. The van der Waals surface area contributed by atoms with E-state index in [2.05, 4.69) is 19.0 Å². The van der Waals surface area contributed by atoms with Crippen LogP contribution in [0, 0.1) is 12.8 Å². The molecule has 1 aromatic rings. The van der Waals surface area contributed by atoms with E-state index in [9.17, 15) is 0 Å². The first-order chi connectivity index (χ1) is 8.54. The molecule has 0 aliphatic rings. The lowest BCUT2D eigenvalue weighted by molar-refractivity contribution is 0.110. The zero-order valence-corrected chi connectivity index (χ0v) is 11.3. The third-order valence-electron chi connectivity index (χ3n) is 2.84. The molecule has 0 spiro atoms. The molecule has 0 amide bonds. The summed E-state index contributed by atoms with van der Waals surface area (Å²) in [6.07, 6.45) is 1.07. The van der Waals surface area contributed by atoms with Crippen LogP contribution >= 0.6 is 0 Å². The minimum absolute atomic E-state index is 0.130. The van der Waals surface area contributed by atoms with Crippen LogP contribution in [0.15, 0.2) is 23.4 Å². The summed E-state index contributed by atoms with van der Waals surface area (Å²) >= 11 is 0. The minimum atomic E-state index is 0.130. The van der Waals surface area contributed by atoms with Gasteiger partial charge in [0.2, 0.25) is 0 Å². The largest absolute Gasteiger partial charge is 0.409 e. The fourth-order valence-electron chi connectivity index (χ4n) is 1.58. The van der Waals surface area contributed by atoms with Gasteiger partial charge in [0.25, 0.3) is 0 Å². The number of rotatable bonds is 6. The fraction of sp³-hybridized carbons (Fsp3) is 0.500. The molecular formula is C14H22N2O2. The number of benzene rings is 1. The summed E-state index contributed by atoms with van der Waals surface area (Å²) in [7, 11) is 0. The van der Waals surface area contributed by atoms with Crippen molar-refractivity contribution in [1.29, 1.82) is 0 Å². The Morgan fingerprint density at radius 2 is 2.17 bits per heavy atom. The van der Waals surface area contributed by atoms with E-state index >= 15 is 0 Å². The normalized spacial score (nSPS) is 12.1. The highest BCUT2D eigenvalue weighted by atomic mass is 16.5. The van der Waals surface area contributed by atoms with E-state index < -0.39 is 0 Å². The summed E-state index contributed by atoms with van der Waals surface area (Å²) in [5, 5.41) is 11.6. The molecule has 0 saturated heterocycles. The van der Waals surface area contributed by atoms with Crippen LogP contribution in [0.3, 0.4) is 0 Å². The Morgan fingerprint density at radius 1 is 1.44 bits per heavy atom. The first-order valence-electron chi connectivity index (χ1n) is 6.19. The quantitative estimate of drug-likeness (QED) is 0.268. The molecule has 100 valence electrons. The average Bonchev–Trinajstić information content (AvgIpc) is 2.34. The highest BCUT2D eigenvalue weighted by Gasteiger charge is 2.04. The molecule has 0 aliphatic heterocycles. The molecule has 0 heterocycles. The first kappa shape index (κ1) is 14.5. The lowest BCUT2D eigenvalue weighted by Gasteiger charge is -2.10. The molecule has 0 atom stereocenters. The summed E-state index contributed by atoms with van der Waals surface area (Å²) in [4.78, 5) is 0. The van der Waals surface area contributed by atoms with Gasteiger partial charge in [0, 0.05) is 12.2 Å². The van der Waals surface area contributed by atoms with Gasteiger partial charge >= 0.3 is 0 Å². The van der Waals surface area contributed by atoms with E-state index in [0.717, 1.165) is 29.7 Å². The predicted octanol–water partition coefficient (Wildman–Crippen LogP) is 2.65. The first-order valence-corrected chi connectivity index (χ1v) is 6.19. The summed E-state index contributed by atoms with van der Waals surface area (Å²) in [5.74, 6) is 0.791. The second-order valence-electron chi connectivity index (χ2n) is 4.86. The minimum Gasteiger partial charge on any atom is -0.409 e. The van der Waals surface area contributed by atoms with Crippen molar-refractivity contribution in [2.75, 3.05) is 6.61 Å². The maximum atomic E-state index is 8.61. The standard InChI is InChI=1S/C14H22N2O2/c1-10(2)6-7-18-9-13-5-4-12(8-11(13)3)14(15)16-17/h4-5,8,10,17H,6-7,9H2,1-3H3,(H2,15,16). The Morgan fingerprint density at radius 3 is 2.72 bits per heavy atom. The highest BCUT2D eigenvalue weighted by molar-refractivity contribution is 5.97. The van der Waals surface area contributed by atoms with Gasteiger partial charge in [-0.1, -0.05) is 31.1 Å². The molecule has 4 nitrogen and oxygen atoms in total. The van der Waals surface area contributed by atoms with Gasteiger partial charge in [-0.2, -0.15) is 0 Å². The van der Waals surface area contributed by atoms with Crippen molar-refractivity contribution < 1.29 is 9.94 Å². The van der Waals surface area contributed by atoms with Crippen molar-refractivity contribution in [3.05, 3.63) is 34.9 Å². The van der Waals surface area contributed by atoms with Crippen molar-refractivity contribution in [3.8, 4) is 0 Å². The van der Waals surface area contributed by atoms with Crippen LogP contribution in [-0.4, -0.2) is 17.6 Å². The van der Waals surface area contributed by atoms with Crippen LogP contribution in [0.1, 0.15) is 37.0 Å². The van der Waals surface area contributed by atoms with E-state index in [0.29, 0.717) is 12.5 Å². The molecule has 0 saturated carbocycles. The van der Waals surface area contributed by atoms with Crippen LogP contribution in [0.25, 0.3) is 0 Å². The topological polar surface area (TPSA) is 67.8 Å². The number of hydrogen-bond acceptors (Lipinski definition) is 3. The molecule has 18 heavy (non-hydrogen) atoms. The highest BCUT2D eigenvalue weighted by Crippen LogP contribution is 2.13. The Labute approximate surface area is 108 Å². The van der Waals surface area contributed by atoms with Crippen molar-refractivity contribution in [2.45, 2.75) is 33.8 Å². The van der Waals surface area contributed by atoms with Gasteiger partial charge in [-0.05, 0) is 36.5 Å². The Bertz CT molecular complexity index is 414. The lowest BCUT2D eigenvalue weighted by Crippen LogP contribution is -2.13. The molecular weight excluding hydrogens is 228 g/mol. The van der Waals surface area contributed by atoms with Crippen molar-refractivity contribution in [1.82, 2.24) is 0 Å². The SMILES string of the molecule is Cc1cc(/C(N)=N/O)ccc1COCCC(C)C. The van der Waals surface area contributed by atoms with Crippen molar-refractivity contribution >= 4 is 5.84 Å². The average molecular weight is 250 g/mol. The zero-order valence-electron chi connectivity index (χ0n) is 11.3. The Kier molecular flexibility index (Phi) is 5.65. The third kappa shape index (κ3) is 4.37. The number of nitrogens with two attached hydrogens (primary N) is 1. The van der Waals surface area contributed by atoms with Crippen LogP contribution in [0.4, 0.5) is 0 Å². The van der Waals surface area contributed by atoms with Gasteiger partial charge in [0.15, 0.2) is 5.84 Å². The van der Waals surface area contributed by atoms with E-state index in [4.69, 9.17) is 15.7 Å². The summed E-state index contributed by atoms with van der Waals surface area (Å²) in [6, 6.07) is 5.69. The molecule has 0 aliphatic carbocycles. The van der Waals surface area contributed by atoms with Crippen LogP contribution in [-0.2, 0) is 11.3 Å². The van der Waals surface area contributed by atoms with E-state index in [-0.39, 0.29) is 5.84 Å². The molecule has 4 heteroatoms. The molecule has 0 bridgehead atoms. The van der Waals surface area contributed by atoms with Gasteiger partial charge in [-0.15, -0.1) is 0 Å². The molecule has 3 N–H and O–H groups in total. The summed E-state index contributed by atoms with van der Waals surface area (Å²) in [6.45, 7) is 7.74. The van der Waals surface area contributed by atoms with Gasteiger partial charge in [-0.3, -0.25) is 0 Å². The van der Waals surface area contributed by atoms with Crippen LogP contribution < -0.4 is 5.73 Å². The summed E-state index contributed by atoms with van der Waals surface area (Å²) in [5.41, 5.74) is 8.48. The van der Waals surface area contributed by atoms with Gasteiger partial charge in [-0.25, -0.2) is 0 Å². The second kappa shape index (κ2) is 7.01. The fourth-order valence-corrected chi connectivity index (χ4v) is 1.58. The van der Waals surface area contributed by atoms with E-state index in [1.54, 1.807) is 0 Å².